The molecule has 3 aromatic rings. The molecular formula is C18H19BrN4O2S2. The van der Waals surface area contributed by atoms with Crippen LogP contribution in [0.2, 0.25) is 0 Å². The van der Waals surface area contributed by atoms with E-state index in [4.69, 9.17) is 0 Å². The van der Waals surface area contributed by atoms with Crippen LogP contribution in [0, 0.1) is 6.92 Å². The Labute approximate surface area is 175 Å². The smallest absolute Gasteiger partial charge is 0.225 e. The fourth-order valence-corrected chi connectivity index (χ4v) is 4.01. The van der Waals surface area contributed by atoms with Gasteiger partial charge < -0.3 is 10.6 Å². The highest BCUT2D eigenvalue weighted by Gasteiger charge is 2.14. The molecule has 0 saturated heterocycles. The molecule has 0 atom stereocenters. The number of aryl methyl sites for hydroxylation is 1. The topological polar surface area (TPSA) is 84.0 Å². The molecule has 0 spiro atoms. The van der Waals surface area contributed by atoms with Crippen molar-refractivity contribution in [3.05, 3.63) is 40.9 Å². The summed E-state index contributed by atoms with van der Waals surface area (Å²) in [5, 5.41) is 9.27. The van der Waals surface area contributed by atoms with Crippen molar-refractivity contribution >= 4 is 67.3 Å². The second-order valence-corrected chi connectivity index (χ2v) is 7.49. The average Bonchev–Trinajstić information content (AvgIpc) is 3.21. The van der Waals surface area contributed by atoms with E-state index in [0.29, 0.717) is 17.1 Å². The van der Waals surface area contributed by atoms with Gasteiger partial charge in [-0.3, -0.25) is 9.59 Å². The summed E-state index contributed by atoms with van der Waals surface area (Å²) in [6.45, 7) is 5.24. The number of carbonyl (C=O) groups excluding carboxylic acids is 2. The van der Waals surface area contributed by atoms with Crippen LogP contribution in [0.3, 0.4) is 0 Å². The number of carbonyl (C=O) groups is 2. The Morgan fingerprint density at radius 3 is 2.67 bits per heavy atom. The number of Topliss-reactive ketones (excluding diaryl/α,β-unsaturated/α-hetero) is 1. The zero-order valence-electron chi connectivity index (χ0n) is 15.0. The van der Waals surface area contributed by atoms with Gasteiger partial charge in [-0.15, -0.1) is 28.3 Å². The van der Waals surface area contributed by atoms with Crippen molar-refractivity contribution in [1.29, 1.82) is 0 Å². The van der Waals surface area contributed by atoms with Crippen LogP contribution in [-0.4, -0.2) is 21.7 Å². The van der Waals surface area contributed by atoms with Gasteiger partial charge in [0.1, 0.15) is 0 Å². The van der Waals surface area contributed by atoms with E-state index in [1.54, 1.807) is 26.0 Å². The third-order valence-electron chi connectivity index (χ3n) is 3.62. The van der Waals surface area contributed by atoms with Gasteiger partial charge in [0.15, 0.2) is 16.0 Å². The number of benzene rings is 1. The number of rotatable bonds is 6. The van der Waals surface area contributed by atoms with Gasteiger partial charge in [-0.2, -0.15) is 0 Å². The lowest BCUT2D eigenvalue weighted by molar-refractivity contribution is -0.115. The van der Waals surface area contributed by atoms with Gasteiger partial charge in [-0.05, 0) is 26.0 Å². The van der Waals surface area contributed by atoms with E-state index < -0.39 is 0 Å². The van der Waals surface area contributed by atoms with E-state index in [-0.39, 0.29) is 28.7 Å². The molecule has 3 rings (SSSR count). The Bertz CT molecular complexity index is 968. The van der Waals surface area contributed by atoms with Gasteiger partial charge in [-0.1, -0.05) is 30.4 Å². The van der Waals surface area contributed by atoms with Crippen LogP contribution in [0.4, 0.5) is 16.0 Å². The highest BCUT2D eigenvalue weighted by atomic mass is 79.9. The first-order valence-electron chi connectivity index (χ1n) is 8.07. The molecule has 142 valence electrons. The van der Waals surface area contributed by atoms with Gasteiger partial charge in [0.25, 0.3) is 0 Å². The molecule has 0 aliphatic rings. The Balaban J connectivity index is 0.00000261. The molecule has 0 aliphatic heterocycles. The molecule has 0 unspecified atom stereocenters. The zero-order chi connectivity index (χ0) is 18.7. The maximum atomic E-state index is 11.5. The van der Waals surface area contributed by atoms with E-state index in [9.17, 15) is 9.59 Å². The molecule has 2 N–H and O–H groups in total. The van der Waals surface area contributed by atoms with Crippen molar-refractivity contribution in [3.63, 3.8) is 0 Å². The third-order valence-corrected chi connectivity index (χ3v) is 5.47. The first kappa shape index (κ1) is 21.2. The van der Waals surface area contributed by atoms with Crippen molar-refractivity contribution in [3.8, 4) is 10.6 Å². The quantitative estimate of drug-likeness (QED) is 0.471. The standard InChI is InChI=1S/C18H18N4O2S2.BrH/c1-4-15(24)22-18-19-10(2)16(26-18)14-9-25-17(21-14)20-13-7-5-6-12(8-13)11(3)23;/h5-9H,4H2,1-3H3,(H,20,21)(H,19,22,24);1H. The second kappa shape index (κ2) is 9.20. The summed E-state index contributed by atoms with van der Waals surface area (Å²) in [4.78, 5) is 33.0. The number of nitrogens with zero attached hydrogens (tertiary/aromatic N) is 2. The minimum atomic E-state index is -0.0590. The summed E-state index contributed by atoms with van der Waals surface area (Å²) in [5.74, 6) is -0.0355. The number of ketones is 1. The minimum Gasteiger partial charge on any atom is -0.332 e. The lowest BCUT2D eigenvalue weighted by Gasteiger charge is -2.03. The molecular weight excluding hydrogens is 448 g/mol. The van der Waals surface area contributed by atoms with Crippen LogP contribution in [0.15, 0.2) is 29.6 Å². The number of aromatic nitrogens is 2. The SMILES string of the molecule is Br.CCC(=O)Nc1nc(C)c(-c2csc(Nc3cccc(C(C)=O)c3)n2)s1. The molecule has 0 saturated carbocycles. The van der Waals surface area contributed by atoms with E-state index in [1.807, 2.05) is 24.4 Å². The number of hydrogen-bond donors (Lipinski definition) is 2. The van der Waals surface area contributed by atoms with Crippen LogP contribution in [-0.2, 0) is 4.79 Å². The molecule has 27 heavy (non-hydrogen) atoms. The minimum absolute atomic E-state index is 0. The molecule has 0 radical (unpaired) electrons. The van der Waals surface area contributed by atoms with E-state index in [1.165, 1.54) is 22.7 Å². The largest absolute Gasteiger partial charge is 0.332 e. The highest BCUT2D eigenvalue weighted by Crippen LogP contribution is 2.35. The summed E-state index contributed by atoms with van der Waals surface area (Å²) in [6, 6.07) is 7.32. The molecule has 9 heteroatoms. The van der Waals surface area contributed by atoms with E-state index in [2.05, 4.69) is 20.6 Å². The normalized spacial score (nSPS) is 10.2. The molecule has 0 bridgehead atoms. The van der Waals surface area contributed by atoms with Gasteiger partial charge in [0.2, 0.25) is 5.91 Å². The predicted molar refractivity (Wildman–Crippen MR) is 117 cm³/mol. The highest BCUT2D eigenvalue weighted by molar-refractivity contribution is 8.93. The van der Waals surface area contributed by atoms with E-state index in [0.717, 1.165) is 27.1 Å². The summed E-state index contributed by atoms with van der Waals surface area (Å²) in [6.07, 6.45) is 0.415. The van der Waals surface area contributed by atoms with Crippen LogP contribution < -0.4 is 10.6 Å². The van der Waals surface area contributed by atoms with Crippen molar-refractivity contribution in [2.75, 3.05) is 10.6 Å². The lowest BCUT2D eigenvalue weighted by atomic mass is 10.1. The number of halogens is 1. The molecule has 1 aromatic carbocycles. The third kappa shape index (κ3) is 5.21. The molecule has 1 amide bonds. The average molecular weight is 467 g/mol. The summed E-state index contributed by atoms with van der Waals surface area (Å²) < 4.78 is 0. The first-order chi connectivity index (χ1) is 12.5. The Morgan fingerprint density at radius 2 is 1.96 bits per heavy atom. The van der Waals surface area contributed by atoms with Crippen LogP contribution in [0.1, 0.15) is 36.3 Å². The Morgan fingerprint density at radius 1 is 1.19 bits per heavy atom. The van der Waals surface area contributed by atoms with E-state index >= 15 is 0 Å². The number of nitrogens with one attached hydrogen (secondary N) is 2. The molecule has 2 aromatic heterocycles. The summed E-state index contributed by atoms with van der Waals surface area (Å²) >= 11 is 2.89. The van der Waals surface area contributed by atoms with Crippen molar-refractivity contribution in [2.24, 2.45) is 0 Å². The lowest BCUT2D eigenvalue weighted by Crippen LogP contribution is -2.08. The summed E-state index contributed by atoms with van der Waals surface area (Å²) in [5.41, 5.74) is 3.11. The van der Waals surface area contributed by atoms with Crippen LogP contribution >= 0.6 is 39.7 Å². The van der Waals surface area contributed by atoms with Crippen molar-refractivity contribution < 1.29 is 9.59 Å². The molecule has 6 nitrogen and oxygen atoms in total. The number of thiazole rings is 2. The maximum Gasteiger partial charge on any atom is 0.225 e. The van der Waals surface area contributed by atoms with Gasteiger partial charge in [0.05, 0.1) is 16.3 Å². The Kier molecular flexibility index (Phi) is 7.23. The van der Waals surface area contributed by atoms with Crippen LogP contribution in [0.5, 0.6) is 0 Å². The summed E-state index contributed by atoms with van der Waals surface area (Å²) in [7, 11) is 0. The second-order valence-electron chi connectivity index (χ2n) is 5.64. The monoisotopic (exact) mass is 466 g/mol. The van der Waals surface area contributed by atoms with Crippen LogP contribution in [0.25, 0.3) is 10.6 Å². The number of hydrogen-bond acceptors (Lipinski definition) is 7. The van der Waals surface area contributed by atoms with Crippen molar-refractivity contribution in [1.82, 2.24) is 9.97 Å². The van der Waals surface area contributed by atoms with Gasteiger partial charge in [-0.25, -0.2) is 9.97 Å². The fourth-order valence-electron chi connectivity index (χ4n) is 2.27. The molecule has 0 aliphatic carbocycles. The fraction of sp³-hybridized carbons (Fsp3) is 0.222. The zero-order valence-corrected chi connectivity index (χ0v) is 18.4. The molecule has 2 heterocycles. The maximum absolute atomic E-state index is 11.5. The van der Waals surface area contributed by atoms with Gasteiger partial charge in [0, 0.05) is 23.1 Å². The number of anilines is 3. The predicted octanol–water partition coefficient (Wildman–Crippen LogP) is 5.45. The first-order valence-corrected chi connectivity index (χ1v) is 9.77. The van der Waals surface area contributed by atoms with Gasteiger partial charge >= 0.3 is 0 Å². The Hall–Kier alpha value is -2.10. The van der Waals surface area contributed by atoms with Crippen molar-refractivity contribution in [2.45, 2.75) is 27.2 Å². The molecule has 0 fully saturated rings. The number of amides is 1.